The molecule has 44 heavy (non-hydrogen) atoms. The standard InChI is InChI=1S/C30H35N11O3/c1-2-41-39-29(38-40-41)25-23(43)22(42)24(44-25)28-34-21-26(36-30(37-27(21)35-28)33-19-13-14-31-15-19)32-16-20(17-9-5-3-6-10-17)18-11-7-4-8-12-18/h3-12,19-20,22-25,31,42-43H,2,13-16H2,1H3,(H3,32,33,34,35,36,37)/t19-,22-,23+,24+,25+/m1/s1. The molecule has 0 bridgehead atoms. The van der Waals surface area contributed by atoms with E-state index < -0.39 is 24.4 Å². The summed E-state index contributed by atoms with van der Waals surface area (Å²) in [7, 11) is 0. The molecule has 2 aromatic carbocycles. The van der Waals surface area contributed by atoms with Crippen molar-refractivity contribution in [2.75, 3.05) is 30.3 Å². The molecule has 14 nitrogen and oxygen atoms in total. The van der Waals surface area contributed by atoms with Crippen LogP contribution in [0.5, 0.6) is 0 Å². The number of tetrazole rings is 1. The minimum absolute atomic E-state index is 0.0557. The van der Waals surface area contributed by atoms with Gasteiger partial charge in [-0.3, -0.25) is 0 Å². The van der Waals surface area contributed by atoms with Crippen LogP contribution >= 0.6 is 0 Å². The molecule has 0 aliphatic carbocycles. The van der Waals surface area contributed by atoms with Gasteiger partial charge in [0, 0.05) is 25.0 Å². The van der Waals surface area contributed by atoms with Crippen LogP contribution in [0.3, 0.4) is 0 Å². The fourth-order valence-electron chi connectivity index (χ4n) is 5.82. The number of aryl methyl sites for hydroxylation is 1. The highest BCUT2D eigenvalue weighted by Crippen LogP contribution is 2.40. The summed E-state index contributed by atoms with van der Waals surface area (Å²) in [5, 5.41) is 44.4. The first-order valence-corrected chi connectivity index (χ1v) is 15.0. The van der Waals surface area contributed by atoms with Gasteiger partial charge in [-0.15, -0.1) is 10.2 Å². The summed E-state index contributed by atoms with van der Waals surface area (Å²) >= 11 is 0. The van der Waals surface area contributed by atoms with Crippen molar-refractivity contribution in [2.24, 2.45) is 0 Å². The lowest BCUT2D eigenvalue weighted by atomic mass is 9.91. The third-order valence-electron chi connectivity index (χ3n) is 8.18. The molecule has 5 aromatic rings. The maximum atomic E-state index is 11.0. The Balaban J connectivity index is 1.21. The molecule has 2 aliphatic rings. The summed E-state index contributed by atoms with van der Waals surface area (Å²) in [5.74, 6) is 1.59. The van der Waals surface area contributed by atoms with Gasteiger partial charge in [0.25, 0.3) is 0 Å². The van der Waals surface area contributed by atoms with Crippen molar-refractivity contribution < 1.29 is 14.9 Å². The van der Waals surface area contributed by atoms with Gasteiger partial charge >= 0.3 is 0 Å². The van der Waals surface area contributed by atoms with E-state index in [1.54, 1.807) is 0 Å². The number of nitrogens with zero attached hydrogens (tertiary/aromatic N) is 7. The van der Waals surface area contributed by atoms with Gasteiger partial charge in [-0.2, -0.15) is 14.8 Å². The van der Waals surface area contributed by atoms with E-state index in [2.05, 4.69) is 60.6 Å². The number of benzene rings is 2. The first kappa shape index (κ1) is 28.3. The van der Waals surface area contributed by atoms with Gasteiger partial charge in [0.1, 0.15) is 29.7 Å². The first-order valence-electron chi connectivity index (χ1n) is 15.0. The summed E-state index contributed by atoms with van der Waals surface area (Å²) in [5.41, 5.74) is 3.33. The molecule has 2 fully saturated rings. The Morgan fingerprint density at radius 1 is 0.977 bits per heavy atom. The van der Waals surface area contributed by atoms with Gasteiger partial charge < -0.3 is 35.9 Å². The van der Waals surface area contributed by atoms with Crippen LogP contribution < -0.4 is 16.0 Å². The van der Waals surface area contributed by atoms with Crippen LogP contribution in [0, 0.1) is 0 Å². The summed E-state index contributed by atoms with van der Waals surface area (Å²) in [6, 6.07) is 20.9. The smallest absolute Gasteiger partial charge is 0.227 e. The molecule has 0 spiro atoms. The van der Waals surface area contributed by atoms with Crippen molar-refractivity contribution >= 4 is 22.9 Å². The van der Waals surface area contributed by atoms with Gasteiger partial charge in [0.15, 0.2) is 17.6 Å². The Morgan fingerprint density at radius 3 is 2.36 bits per heavy atom. The highest BCUT2D eigenvalue weighted by atomic mass is 16.5. The molecule has 0 amide bonds. The predicted molar refractivity (Wildman–Crippen MR) is 162 cm³/mol. The normalized spacial score (nSPS) is 23.5. The number of imidazole rings is 1. The maximum absolute atomic E-state index is 11.0. The molecule has 0 unspecified atom stereocenters. The third-order valence-corrected chi connectivity index (χ3v) is 8.18. The van der Waals surface area contributed by atoms with E-state index in [0.29, 0.717) is 41.8 Å². The number of aromatic amines is 1. The molecule has 6 N–H and O–H groups in total. The van der Waals surface area contributed by atoms with Gasteiger partial charge in [0.05, 0.1) is 6.54 Å². The lowest BCUT2D eigenvalue weighted by molar-refractivity contribution is -0.00236. The SMILES string of the molecule is CCn1nnc([C@H]2O[C@H](c3nc4nc(N[C@@H]5CCNC5)nc(NCC(c5ccccc5)c5ccccc5)c4[nH]3)[C@H](O)[C@@H]2O)n1. The van der Waals surface area contributed by atoms with Crippen molar-refractivity contribution in [1.29, 1.82) is 0 Å². The van der Waals surface area contributed by atoms with Crippen LogP contribution in [-0.4, -0.2) is 88.2 Å². The molecular weight excluding hydrogens is 562 g/mol. The maximum Gasteiger partial charge on any atom is 0.227 e. The number of aromatic nitrogens is 8. The number of hydrogen-bond acceptors (Lipinski definition) is 12. The molecule has 0 saturated carbocycles. The minimum Gasteiger partial charge on any atom is -0.387 e. The Morgan fingerprint density at radius 2 is 1.70 bits per heavy atom. The fourth-order valence-corrected chi connectivity index (χ4v) is 5.82. The average molecular weight is 598 g/mol. The summed E-state index contributed by atoms with van der Waals surface area (Å²) < 4.78 is 6.07. The van der Waals surface area contributed by atoms with Crippen LogP contribution in [0.15, 0.2) is 60.7 Å². The van der Waals surface area contributed by atoms with Gasteiger partial charge in [-0.1, -0.05) is 60.7 Å². The number of anilines is 2. The van der Waals surface area contributed by atoms with Crippen molar-refractivity contribution in [3.63, 3.8) is 0 Å². The van der Waals surface area contributed by atoms with Crippen molar-refractivity contribution in [3.05, 3.63) is 83.4 Å². The van der Waals surface area contributed by atoms with Crippen LogP contribution in [0.1, 0.15) is 54.2 Å². The molecule has 0 radical (unpaired) electrons. The van der Waals surface area contributed by atoms with Gasteiger partial charge in [-0.25, -0.2) is 4.98 Å². The average Bonchev–Trinajstić information content (AvgIpc) is 3.87. The minimum atomic E-state index is -1.28. The second-order valence-electron chi connectivity index (χ2n) is 11.1. The fraction of sp³-hybridized carbons (Fsp3) is 0.400. The highest BCUT2D eigenvalue weighted by Gasteiger charge is 2.47. The molecule has 3 aromatic heterocycles. The topological polar surface area (TPSA) is 184 Å². The number of aliphatic hydroxyl groups is 2. The Bertz CT molecular complexity index is 1650. The lowest BCUT2D eigenvalue weighted by Crippen LogP contribution is -2.27. The van der Waals surface area contributed by atoms with E-state index >= 15 is 0 Å². The lowest BCUT2D eigenvalue weighted by Gasteiger charge is -2.20. The first-order chi connectivity index (χ1) is 21.6. The molecular formula is C30H35N11O3. The number of ether oxygens (including phenoxy) is 1. The van der Waals surface area contributed by atoms with Gasteiger partial charge in [-0.05, 0) is 36.2 Å². The Kier molecular flexibility index (Phi) is 7.87. The molecule has 5 atom stereocenters. The third kappa shape index (κ3) is 5.59. The highest BCUT2D eigenvalue weighted by molar-refractivity contribution is 5.84. The predicted octanol–water partition coefficient (Wildman–Crippen LogP) is 1.91. The van der Waals surface area contributed by atoms with E-state index in [4.69, 9.17) is 19.7 Å². The van der Waals surface area contributed by atoms with Crippen molar-refractivity contribution in [1.82, 2.24) is 45.5 Å². The van der Waals surface area contributed by atoms with E-state index in [1.165, 1.54) is 15.9 Å². The second-order valence-corrected chi connectivity index (χ2v) is 11.1. The largest absolute Gasteiger partial charge is 0.387 e. The van der Waals surface area contributed by atoms with E-state index in [-0.39, 0.29) is 17.8 Å². The monoisotopic (exact) mass is 597 g/mol. The zero-order valence-electron chi connectivity index (χ0n) is 24.2. The van der Waals surface area contributed by atoms with Crippen molar-refractivity contribution in [2.45, 2.75) is 56.3 Å². The van der Waals surface area contributed by atoms with Crippen LogP contribution in [-0.2, 0) is 11.3 Å². The summed E-state index contributed by atoms with van der Waals surface area (Å²) in [4.78, 5) is 18.9. The van der Waals surface area contributed by atoms with E-state index in [9.17, 15) is 10.2 Å². The van der Waals surface area contributed by atoms with Crippen molar-refractivity contribution in [3.8, 4) is 0 Å². The van der Waals surface area contributed by atoms with Gasteiger partial charge in [0.2, 0.25) is 11.8 Å². The quantitative estimate of drug-likeness (QED) is 0.138. The molecule has 14 heteroatoms. The Hall–Kier alpha value is -4.50. The molecule has 2 aliphatic heterocycles. The zero-order chi connectivity index (χ0) is 30.0. The number of hydrogen-bond donors (Lipinski definition) is 6. The second kappa shape index (κ2) is 12.2. The number of rotatable bonds is 10. The number of fused-ring (bicyclic) bond motifs is 1. The van der Waals surface area contributed by atoms with Crippen LogP contribution in [0.4, 0.5) is 11.8 Å². The summed E-state index contributed by atoms with van der Waals surface area (Å²) in [6.45, 7) is 4.70. The van der Waals surface area contributed by atoms with E-state index in [0.717, 1.165) is 19.5 Å². The number of aliphatic hydroxyl groups excluding tert-OH is 2. The Labute approximate surface area is 253 Å². The number of nitrogens with one attached hydrogen (secondary N) is 4. The molecule has 5 heterocycles. The summed E-state index contributed by atoms with van der Waals surface area (Å²) in [6.07, 6.45) is -3.52. The van der Waals surface area contributed by atoms with Crippen LogP contribution in [0.2, 0.25) is 0 Å². The molecule has 2 saturated heterocycles. The zero-order valence-corrected chi connectivity index (χ0v) is 24.2. The molecule has 228 valence electrons. The number of H-pyrrole nitrogens is 1. The molecule has 7 rings (SSSR count). The van der Waals surface area contributed by atoms with E-state index in [1.807, 2.05) is 43.3 Å². The van der Waals surface area contributed by atoms with Crippen LogP contribution in [0.25, 0.3) is 11.2 Å².